The minimum Gasteiger partial charge on any atom is -0.374 e. The maximum absolute atomic E-state index is 6.09. The Morgan fingerprint density at radius 1 is 0.347 bits per heavy atom. The molecule has 0 aromatic rings. The highest BCUT2D eigenvalue weighted by Crippen LogP contribution is 2.23. The first-order valence-corrected chi connectivity index (χ1v) is 38.1. The Hall–Kier alpha value is 0.438. The van der Waals surface area contributed by atoms with E-state index in [0.29, 0.717) is 85.2 Å². The van der Waals surface area contributed by atoms with E-state index in [0.717, 1.165) is 115 Å². The van der Waals surface area contributed by atoms with Crippen molar-refractivity contribution in [2.24, 2.45) is 0 Å². The quantitative estimate of drug-likeness (QED) is 0.0463. The highest BCUT2D eigenvalue weighted by molar-refractivity contribution is 6.61. The van der Waals surface area contributed by atoms with Crippen LogP contribution in [0.3, 0.4) is 0 Å². The van der Waals surface area contributed by atoms with Crippen molar-refractivity contribution in [1.29, 1.82) is 0 Å². The molecule has 0 aromatic carbocycles. The van der Waals surface area contributed by atoms with Crippen molar-refractivity contribution in [3.63, 3.8) is 0 Å². The van der Waals surface area contributed by atoms with Gasteiger partial charge >= 0.3 is 35.2 Å². The molecule has 0 atom stereocenters. The Kier molecular flexibility index (Phi) is 49.4. The lowest BCUT2D eigenvalue weighted by molar-refractivity contribution is 0.0676. The highest BCUT2D eigenvalue weighted by Gasteiger charge is 2.43. The predicted molar refractivity (Wildman–Crippen MR) is 317 cm³/mol. The van der Waals surface area contributed by atoms with Crippen LogP contribution < -0.4 is 5.32 Å². The van der Waals surface area contributed by atoms with Crippen LogP contribution in [0.25, 0.3) is 0 Å². The van der Waals surface area contributed by atoms with E-state index in [-0.39, 0.29) is 0 Å². The topological polar surface area (TPSA) is 139 Å². The molecular formula is C52H119ClN6O12Si4. The molecule has 2 fully saturated rings. The fraction of sp³-hybridized carbons (Fsp3) is 1.00. The molecule has 0 bridgehead atoms. The molecule has 0 radical (unpaired) electrons. The maximum Gasteiger partial charge on any atom is 0.500 e. The van der Waals surface area contributed by atoms with E-state index in [1.54, 1.807) is 0 Å². The normalized spacial score (nSPS) is 15.6. The molecule has 2 heterocycles. The Morgan fingerprint density at radius 2 is 0.587 bits per heavy atom. The lowest BCUT2D eigenvalue weighted by atomic mass is 10.2. The SMILES string of the molecule is CCO[Si](CCCN(CCCCl)CCC[Si](OCC)(OCC)OCC)(OCC)OCC.CCO[Si](CCCN(CCCN1CCN(C)CC1)CCC[Si](OCC)(OCC)OCC)(OCC)OCC.CN1CCNCC1. The van der Waals surface area contributed by atoms with Crippen molar-refractivity contribution in [3.8, 4) is 0 Å². The van der Waals surface area contributed by atoms with Gasteiger partial charge in [0.05, 0.1) is 0 Å². The summed E-state index contributed by atoms with van der Waals surface area (Å²) in [4.78, 5) is 12.4. The lowest BCUT2D eigenvalue weighted by Gasteiger charge is -2.33. The molecule has 2 rings (SSSR count). The van der Waals surface area contributed by atoms with Crippen LogP contribution in [-0.2, 0) is 53.1 Å². The van der Waals surface area contributed by atoms with Gasteiger partial charge in [0.1, 0.15) is 0 Å². The summed E-state index contributed by atoms with van der Waals surface area (Å²) >= 11 is 5.97. The number of piperazine rings is 2. The van der Waals surface area contributed by atoms with Crippen LogP contribution in [0.1, 0.15) is 122 Å². The van der Waals surface area contributed by atoms with Crippen LogP contribution in [0.5, 0.6) is 0 Å². The number of alkyl halides is 1. The van der Waals surface area contributed by atoms with Crippen LogP contribution >= 0.6 is 11.6 Å². The molecule has 0 unspecified atom stereocenters. The van der Waals surface area contributed by atoms with Crippen molar-refractivity contribution < 1.29 is 53.1 Å². The summed E-state index contributed by atoms with van der Waals surface area (Å²) in [7, 11) is -6.04. The number of rotatable bonds is 47. The molecule has 452 valence electrons. The van der Waals surface area contributed by atoms with E-state index in [1.807, 2.05) is 83.1 Å². The summed E-state index contributed by atoms with van der Waals surface area (Å²) in [6, 6.07) is 3.37. The van der Waals surface area contributed by atoms with Crippen LogP contribution in [-0.4, -0.2) is 257 Å². The lowest BCUT2D eigenvalue weighted by Crippen LogP contribution is -2.47. The Bertz CT molecular complexity index is 1120. The van der Waals surface area contributed by atoms with Crippen molar-refractivity contribution in [2.45, 2.75) is 146 Å². The fourth-order valence-corrected chi connectivity index (χ4v) is 19.9. The number of hydrogen-bond donors (Lipinski definition) is 1. The van der Waals surface area contributed by atoms with Crippen LogP contribution in [0.2, 0.25) is 24.2 Å². The zero-order valence-electron chi connectivity index (χ0n) is 50.9. The molecule has 0 aliphatic carbocycles. The molecule has 1 N–H and O–H groups in total. The molecule has 75 heavy (non-hydrogen) atoms. The number of nitrogens with one attached hydrogen (secondary N) is 1. The second kappa shape index (κ2) is 49.1. The summed E-state index contributed by atoms with van der Waals surface area (Å²) in [6.45, 7) is 48.2. The molecule has 23 heteroatoms. The van der Waals surface area contributed by atoms with Gasteiger partial charge in [-0.2, -0.15) is 0 Å². The smallest absolute Gasteiger partial charge is 0.374 e. The summed E-state index contributed by atoms with van der Waals surface area (Å²) in [6.07, 6.45) is 6.10. The van der Waals surface area contributed by atoms with Crippen molar-refractivity contribution in [1.82, 2.24) is 29.8 Å². The molecule has 2 aliphatic heterocycles. The predicted octanol–water partition coefficient (Wildman–Crippen LogP) is 8.12. The van der Waals surface area contributed by atoms with Gasteiger partial charge in [-0.3, -0.25) is 0 Å². The second-order valence-corrected chi connectivity index (χ2v) is 29.9. The van der Waals surface area contributed by atoms with Crippen molar-refractivity contribution >= 4 is 46.8 Å². The monoisotopic (exact) mass is 1170 g/mol. The third-order valence-electron chi connectivity index (χ3n) is 12.7. The van der Waals surface area contributed by atoms with E-state index in [4.69, 9.17) is 64.7 Å². The van der Waals surface area contributed by atoms with E-state index in [9.17, 15) is 0 Å². The molecule has 0 aromatic heterocycles. The molecule has 0 saturated carbocycles. The summed E-state index contributed by atoms with van der Waals surface area (Å²) in [5, 5.41) is 3.27. The minimum atomic E-state index is -2.61. The average molecular weight is 1170 g/mol. The number of likely N-dealkylation sites (N-methyl/N-ethyl adjacent to an activating group) is 2. The summed E-state index contributed by atoms with van der Waals surface area (Å²) < 4.78 is 72.5. The first-order chi connectivity index (χ1) is 36.3. The number of hydrogen-bond acceptors (Lipinski definition) is 18. The molecule has 18 nitrogen and oxygen atoms in total. The Balaban J connectivity index is 0.00000130. The zero-order valence-corrected chi connectivity index (χ0v) is 55.6. The Labute approximate surface area is 470 Å². The van der Waals surface area contributed by atoms with Gasteiger partial charge in [-0.25, -0.2) is 0 Å². The number of halogens is 1. The molecule has 2 saturated heterocycles. The highest BCUT2D eigenvalue weighted by atomic mass is 35.5. The van der Waals surface area contributed by atoms with Gasteiger partial charge in [-0.1, -0.05) is 0 Å². The van der Waals surface area contributed by atoms with E-state index in [1.165, 1.54) is 45.7 Å². The van der Waals surface area contributed by atoms with Crippen molar-refractivity contribution in [3.05, 3.63) is 0 Å². The van der Waals surface area contributed by atoms with Crippen LogP contribution in [0.4, 0.5) is 0 Å². The third-order valence-corrected chi connectivity index (χ3v) is 25.6. The minimum absolute atomic E-state index is 0.612. The average Bonchev–Trinajstić information content (AvgIpc) is 3.37. The maximum atomic E-state index is 6.09. The second-order valence-electron chi connectivity index (χ2n) is 18.6. The third kappa shape index (κ3) is 35.8. The first-order valence-electron chi connectivity index (χ1n) is 29.8. The summed E-state index contributed by atoms with van der Waals surface area (Å²) in [5.41, 5.74) is 0. The van der Waals surface area contributed by atoms with E-state index >= 15 is 0 Å². The van der Waals surface area contributed by atoms with Crippen LogP contribution in [0.15, 0.2) is 0 Å². The van der Waals surface area contributed by atoms with Gasteiger partial charge in [0, 0.05) is 162 Å². The molecular weight excluding hydrogens is 1050 g/mol. The molecule has 2 aliphatic rings. The molecule has 0 spiro atoms. The van der Waals surface area contributed by atoms with Gasteiger partial charge < -0.3 is 82.9 Å². The van der Waals surface area contributed by atoms with Gasteiger partial charge in [0.25, 0.3) is 0 Å². The van der Waals surface area contributed by atoms with Gasteiger partial charge in [0.2, 0.25) is 0 Å². The van der Waals surface area contributed by atoms with Gasteiger partial charge in [-0.05, 0) is 182 Å². The Morgan fingerprint density at radius 3 is 0.813 bits per heavy atom. The summed E-state index contributed by atoms with van der Waals surface area (Å²) in [5.74, 6) is 0.668. The largest absolute Gasteiger partial charge is 0.500 e. The fourth-order valence-electron chi connectivity index (χ4n) is 9.40. The zero-order chi connectivity index (χ0) is 55.9. The van der Waals surface area contributed by atoms with Gasteiger partial charge in [-0.15, -0.1) is 11.6 Å². The van der Waals surface area contributed by atoms with Crippen LogP contribution in [0, 0.1) is 0 Å². The van der Waals surface area contributed by atoms with E-state index in [2.05, 4.69) is 43.9 Å². The van der Waals surface area contributed by atoms with E-state index < -0.39 is 35.2 Å². The standard InChI is InChI=1S/C26H59N3O6Si2.C21H48ClNO6Si2.C5H12N2/c1-8-30-36(31-9-2,32-10-3)25-15-19-28(17-14-18-29-23-21-27(7)22-24-29)20-16-26-37(33-11-4,34-12-5)35-13-6;1-7-24-30(25-8-2,26-9-3)20-14-18-23(17-13-16-22)19-15-21-31(27-10-4,28-11-5)29-12-6;1-7-4-2-6-3-5-7/h8-26H2,1-7H3;7-21H2,1-6H3;6H,2-5H2,1H3. The first kappa shape index (κ1) is 75.4. The molecule has 0 amide bonds. The van der Waals surface area contributed by atoms with Crippen molar-refractivity contribution in [2.75, 3.05) is 197 Å². The number of nitrogens with zero attached hydrogens (tertiary/aromatic N) is 5. The van der Waals surface area contributed by atoms with Gasteiger partial charge in [0.15, 0.2) is 0 Å².